The van der Waals surface area contributed by atoms with Gasteiger partial charge in [-0.1, -0.05) is 11.6 Å². The third-order valence-electron chi connectivity index (χ3n) is 1.04. The summed E-state index contributed by atoms with van der Waals surface area (Å²) in [5.41, 5.74) is 6.09. The van der Waals surface area contributed by atoms with E-state index in [2.05, 4.69) is 31.9 Å². The van der Waals surface area contributed by atoms with Gasteiger partial charge in [-0.15, -0.1) is 0 Å². The molecule has 0 radical (unpaired) electrons. The molecule has 0 fully saturated rings. The summed E-state index contributed by atoms with van der Waals surface area (Å²) in [4.78, 5) is 0. The number of hydrogen-bond acceptors (Lipinski definition) is 1. The molecule has 0 aliphatic rings. The van der Waals surface area contributed by atoms with Crippen molar-refractivity contribution in [3.05, 3.63) is 26.1 Å². The minimum absolute atomic E-state index is 0.565. The number of anilines is 1. The van der Waals surface area contributed by atoms with E-state index in [4.69, 9.17) is 17.3 Å². The summed E-state index contributed by atoms with van der Waals surface area (Å²) < 4.78 is 1.82. The van der Waals surface area contributed by atoms with Crippen molar-refractivity contribution in [3.8, 4) is 0 Å². The standard InChI is InChI=1S/C6H4Br2ClN/c7-3-1-5(9)6(10)2-4(3)8/h1-2H,10H2. The van der Waals surface area contributed by atoms with Crippen molar-refractivity contribution in [3.63, 3.8) is 0 Å². The SMILES string of the molecule is Nc1cc(Br)c(Br)cc1Cl. The molecule has 0 atom stereocenters. The van der Waals surface area contributed by atoms with Crippen LogP contribution in [0.15, 0.2) is 21.1 Å². The zero-order chi connectivity index (χ0) is 7.72. The Kier molecular flexibility index (Phi) is 2.61. The summed E-state index contributed by atoms with van der Waals surface area (Å²) in [6.45, 7) is 0. The molecule has 0 heterocycles. The molecular weight excluding hydrogens is 281 g/mol. The van der Waals surface area contributed by atoms with E-state index in [1.54, 1.807) is 12.1 Å². The second-order valence-electron chi connectivity index (χ2n) is 1.79. The van der Waals surface area contributed by atoms with Crippen molar-refractivity contribution in [2.45, 2.75) is 0 Å². The number of nitrogens with two attached hydrogens (primary N) is 1. The fourth-order valence-corrected chi connectivity index (χ4v) is 1.54. The summed E-state index contributed by atoms with van der Waals surface area (Å²) in [7, 11) is 0. The monoisotopic (exact) mass is 283 g/mol. The maximum atomic E-state index is 5.71. The zero-order valence-corrected chi connectivity index (χ0v) is 8.79. The molecule has 54 valence electrons. The first-order chi connectivity index (χ1) is 4.61. The topological polar surface area (TPSA) is 26.0 Å². The maximum Gasteiger partial charge on any atom is 0.0647 e. The number of benzene rings is 1. The van der Waals surface area contributed by atoms with Gasteiger partial charge < -0.3 is 5.73 Å². The van der Waals surface area contributed by atoms with E-state index in [-0.39, 0.29) is 0 Å². The average Bonchev–Trinajstić information content (AvgIpc) is 1.84. The van der Waals surface area contributed by atoms with Crippen molar-refractivity contribution < 1.29 is 0 Å². The van der Waals surface area contributed by atoms with Gasteiger partial charge in [0.05, 0.1) is 10.7 Å². The van der Waals surface area contributed by atoms with Crippen LogP contribution in [0.4, 0.5) is 5.69 Å². The average molecular weight is 285 g/mol. The minimum atomic E-state index is 0.565. The van der Waals surface area contributed by atoms with E-state index in [0.717, 1.165) is 8.95 Å². The van der Waals surface area contributed by atoms with E-state index in [9.17, 15) is 0 Å². The third kappa shape index (κ3) is 1.65. The van der Waals surface area contributed by atoms with E-state index in [0.29, 0.717) is 10.7 Å². The van der Waals surface area contributed by atoms with Gasteiger partial charge in [-0.05, 0) is 44.0 Å². The van der Waals surface area contributed by atoms with Gasteiger partial charge in [-0.3, -0.25) is 0 Å². The number of rotatable bonds is 0. The van der Waals surface area contributed by atoms with Gasteiger partial charge in [-0.2, -0.15) is 0 Å². The zero-order valence-electron chi connectivity index (χ0n) is 4.87. The van der Waals surface area contributed by atoms with Gasteiger partial charge in [0.15, 0.2) is 0 Å². The highest BCUT2D eigenvalue weighted by atomic mass is 79.9. The maximum absolute atomic E-state index is 5.71. The minimum Gasteiger partial charge on any atom is -0.397 e. The Labute approximate surface area is 80.8 Å². The molecule has 0 unspecified atom stereocenters. The molecule has 1 aromatic rings. The lowest BCUT2D eigenvalue weighted by Crippen LogP contribution is -1.85. The normalized spacial score (nSPS) is 9.90. The van der Waals surface area contributed by atoms with Crippen LogP contribution in [0.5, 0.6) is 0 Å². The Hall–Kier alpha value is 0.270. The Morgan fingerprint density at radius 3 is 2.20 bits per heavy atom. The Bertz CT molecular complexity index is 212. The molecule has 0 saturated heterocycles. The van der Waals surface area contributed by atoms with Crippen LogP contribution in [-0.4, -0.2) is 0 Å². The molecule has 10 heavy (non-hydrogen) atoms. The highest BCUT2D eigenvalue weighted by Crippen LogP contribution is 2.30. The lowest BCUT2D eigenvalue weighted by Gasteiger charge is -1.99. The van der Waals surface area contributed by atoms with Gasteiger partial charge in [-0.25, -0.2) is 0 Å². The molecule has 0 bridgehead atoms. The molecule has 0 aromatic heterocycles. The Balaban J connectivity index is 3.28. The molecule has 1 aromatic carbocycles. The predicted octanol–water partition coefficient (Wildman–Crippen LogP) is 3.45. The Morgan fingerprint density at radius 1 is 1.20 bits per heavy atom. The van der Waals surface area contributed by atoms with E-state index in [1.807, 2.05) is 0 Å². The second-order valence-corrected chi connectivity index (χ2v) is 3.90. The van der Waals surface area contributed by atoms with E-state index < -0.39 is 0 Å². The summed E-state index contributed by atoms with van der Waals surface area (Å²) in [5, 5.41) is 0.565. The molecule has 0 aliphatic heterocycles. The van der Waals surface area contributed by atoms with Crippen molar-refractivity contribution in [2.24, 2.45) is 0 Å². The quantitative estimate of drug-likeness (QED) is 0.573. The van der Waals surface area contributed by atoms with Crippen LogP contribution in [-0.2, 0) is 0 Å². The first-order valence-corrected chi connectivity index (χ1v) is 4.47. The van der Waals surface area contributed by atoms with Gasteiger partial charge >= 0.3 is 0 Å². The van der Waals surface area contributed by atoms with E-state index >= 15 is 0 Å². The molecule has 0 saturated carbocycles. The smallest absolute Gasteiger partial charge is 0.0647 e. The van der Waals surface area contributed by atoms with Gasteiger partial charge in [0, 0.05) is 8.95 Å². The van der Waals surface area contributed by atoms with Gasteiger partial charge in [0.25, 0.3) is 0 Å². The van der Waals surface area contributed by atoms with Crippen LogP contribution in [0.3, 0.4) is 0 Å². The largest absolute Gasteiger partial charge is 0.397 e. The van der Waals surface area contributed by atoms with Crippen LogP contribution in [0, 0.1) is 0 Å². The molecule has 0 amide bonds. The van der Waals surface area contributed by atoms with Gasteiger partial charge in [0.2, 0.25) is 0 Å². The van der Waals surface area contributed by atoms with Crippen LogP contribution in [0.1, 0.15) is 0 Å². The summed E-state index contributed by atoms with van der Waals surface area (Å²) >= 11 is 12.3. The third-order valence-corrected chi connectivity index (χ3v) is 3.21. The first kappa shape index (κ1) is 8.37. The molecular formula is C6H4Br2ClN. The molecule has 2 N–H and O–H groups in total. The van der Waals surface area contributed by atoms with E-state index in [1.165, 1.54) is 0 Å². The van der Waals surface area contributed by atoms with Crippen molar-refractivity contribution in [1.29, 1.82) is 0 Å². The summed E-state index contributed by atoms with van der Waals surface area (Å²) in [5.74, 6) is 0. The fraction of sp³-hybridized carbons (Fsp3) is 0. The molecule has 1 nitrogen and oxygen atoms in total. The number of halogens is 3. The van der Waals surface area contributed by atoms with Crippen LogP contribution in [0.25, 0.3) is 0 Å². The highest BCUT2D eigenvalue weighted by Gasteiger charge is 2.00. The van der Waals surface area contributed by atoms with Crippen molar-refractivity contribution in [1.82, 2.24) is 0 Å². The lowest BCUT2D eigenvalue weighted by molar-refractivity contribution is 1.58. The van der Waals surface area contributed by atoms with Crippen LogP contribution < -0.4 is 5.73 Å². The first-order valence-electron chi connectivity index (χ1n) is 2.51. The molecule has 1 rings (SSSR count). The van der Waals surface area contributed by atoms with Crippen LogP contribution in [0.2, 0.25) is 5.02 Å². The van der Waals surface area contributed by atoms with Crippen molar-refractivity contribution in [2.75, 3.05) is 5.73 Å². The fourth-order valence-electron chi connectivity index (χ4n) is 0.538. The lowest BCUT2D eigenvalue weighted by atomic mass is 10.3. The summed E-state index contributed by atoms with van der Waals surface area (Å²) in [6.07, 6.45) is 0. The Morgan fingerprint density at radius 2 is 1.70 bits per heavy atom. The van der Waals surface area contributed by atoms with Crippen LogP contribution >= 0.6 is 43.5 Å². The number of hydrogen-bond donors (Lipinski definition) is 1. The number of nitrogen functional groups attached to an aromatic ring is 1. The molecule has 4 heteroatoms. The summed E-state index contributed by atoms with van der Waals surface area (Å²) in [6, 6.07) is 3.51. The molecule has 0 aliphatic carbocycles. The van der Waals surface area contributed by atoms with Crippen molar-refractivity contribution >= 4 is 49.1 Å². The predicted molar refractivity (Wildman–Crippen MR) is 51.3 cm³/mol. The highest BCUT2D eigenvalue weighted by molar-refractivity contribution is 9.13. The second kappa shape index (κ2) is 3.11. The van der Waals surface area contributed by atoms with Gasteiger partial charge in [0.1, 0.15) is 0 Å². The molecule has 0 spiro atoms.